The lowest BCUT2D eigenvalue weighted by Crippen LogP contribution is -2.57. The van der Waals surface area contributed by atoms with E-state index in [1.165, 1.54) is 9.96 Å². The van der Waals surface area contributed by atoms with Crippen molar-refractivity contribution >= 4 is 35.6 Å². The first-order chi connectivity index (χ1) is 27.1. The molecule has 22 nitrogen and oxygen atoms in total. The molecular weight excluding hydrogens is 758 g/mol. The molecule has 2 heterocycles. The first-order valence-electron chi connectivity index (χ1n) is 18.7. The summed E-state index contributed by atoms with van der Waals surface area (Å²) in [6.45, 7) is -0.335. The highest BCUT2D eigenvalue weighted by atomic mass is 16.8. The number of likely N-dealkylation sites (N-methyl/N-ethyl adjacent to an activating group) is 1. The second-order valence-electron chi connectivity index (χ2n) is 13.5. The fourth-order valence-corrected chi connectivity index (χ4v) is 5.79. The Labute approximate surface area is 329 Å². The van der Waals surface area contributed by atoms with E-state index >= 15 is 0 Å². The summed E-state index contributed by atoms with van der Waals surface area (Å²) in [5.41, 5.74) is 0.823. The molecule has 1 fully saturated rings. The molecule has 11 N–H and O–H groups in total. The van der Waals surface area contributed by atoms with Crippen LogP contribution in [0.1, 0.15) is 56.8 Å². The van der Waals surface area contributed by atoms with Gasteiger partial charge in [-0.3, -0.25) is 38.8 Å². The number of carboxylic acids is 2. The number of aliphatic carboxylic acids is 2. The SMILES string of the molecule is CCN(Cc1cccc(CN(CCN2OC(=O)C2CCC(=O)NCC(O)CO)C(CCC(=O)NCC(O)CO)C(=O)O)n1)C(CCC(=O)NCC(O)CO)C(=O)O. The molecule has 1 aromatic heterocycles. The van der Waals surface area contributed by atoms with Gasteiger partial charge in [0, 0.05) is 65.1 Å². The molecule has 1 aromatic rings. The number of aromatic nitrogens is 1. The summed E-state index contributed by atoms with van der Waals surface area (Å²) < 4.78 is 0. The van der Waals surface area contributed by atoms with Crippen molar-refractivity contribution in [1.29, 1.82) is 0 Å². The van der Waals surface area contributed by atoms with Crippen LogP contribution in [0.2, 0.25) is 0 Å². The highest BCUT2D eigenvalue weighted by molar-refractivity contribution is 5.82. The first kappa shape index (κ1) is 48.8. The maximum Gasteiger partial charge on any atom is 0.345 e. The largest absolute Gasteiger partial charge is 0.480 e. The molecule has 0 aromatic carbocycles. The lowest BCUT2D eigenvalue weighted by Gasteiger charge is -2.39. The summed E-state index contributed by atoms with van der Waals surface area (Å²) in [6, 6.07) is 1.77. The van der Waals surface area contributed by atoms with Gasteiger partial charge in [0.05, 0.1) is 49.5 Å². The van der Waals surface area contributed by atoms with Crippen molar-refractivity contribution in [3.63, 3.8) is 0 Å². The molecule has 0 spiro atoms. The Bertz CT molecular complexity index is 1460. The third-order valence-corrected chi connectivity index (χ3v) is 9.06. The van der Waals surface area contributed by atoms with Crippen LogP contribution >= 0.6 is 0 Å². The number of nitrogens with one attached hydrogen (secondary N) is 3. The van der Waals surface area contributed by atoms with Gasteiger partial charge in [0.15, 0.2) is 0 Å². The van der Waals surface area contributed by atoms with Gasteiger partial charge in [0.25, 0.3) is 0 Å². The van der Waals surface area contributed by atoms with Gasteiger partial charge >= 0.3 is 17.9 Å². The molecule has 1 saturated heterocycles. The molecule has 6 unspecified atom stereocenters. The minimum absolute atomic E-state index is 0.00391. The van der Waals surface area contributed by atoms with Crippen LogP contribution in [-0.2, 0) is 46.7 Å². The number of amides is 3. The zero-order chi connectivity index (χ0) is 42.5. The van der Waals surface area contributed by atoms with Gasteiger partial charge in [-0.2, -0.15) is 0 Å². The van der Waals surface area contributed by atoms with E-state index in [1.54, 1.807) is 30.0 Å². The van der Waals surface area contributed by atoms with E-state index < -0.39 is 91.9 Å². The Hall–Kier alpha value is -4.39. The van der Waals surface area contributed by atoms with Crippen molar-refractivity contribution in [2.75, 3.05) is 59.1 Å². The van der Waals surface area contributed by atoms with Crippen molar-refractivity contribution in [1.82, 2.24) is 35.8 Å². The Morgan fingerprint density at radius 1 is 0.754 bits per heavy atom. The molecule has 22 heteroatoms. The summed E-state index contributed by atoms with van der Waals surface area (Å²) in [5, 5.41) is 84.3. The number of hydroxylamine groups is 2. The lowest BCUT2D eigenvalue weighted by molar-refractivity contribution is -0.260. The zero-order valence-electron chi connectivity index (χ0n) is 31.9. The molecule has 322 valence electrons. The van der Waals surface area contributed by atoms with Crippen LogP contribution in [0.4, 0.5) is 0 Å². The van der Waals surface area contributed by atoms with Crippen LogP contribution in [0.15, 0.2) is 18.2 Å². The quantitative estimate of drug-likeness (QED) is 0.0349. The lowest BCUT2D eigenvalue weighted by atomic mass is 10.1. The van der Waals surface area contributed by atoms with E-state index in [2.05, 4.69) is 20.9 Å². The maximum atomic E-state index is 12.6. The summed E-state index contributed by atoms with van der Waals surface area (Å²) in [7, 11) is 0. The number of carbonyl (C=O) groups excluding carboxylic acids is 4. The van der Waals surface area contributed by atoms with Crippen molar-refractivity contribution in [2.45, 2.75) is 95.0 Å². The van der Waals surface area contributed by atoms with Gasteiger partial charge in [-0.25, -0.2) is 4.79 Å². The second kappa shape index (κ2) is 25.8. The van der Waals surface area contributed by atoms with Gasteiger partial charge in [0.1, 0.15) is 18.1 Å². The smallest absolute Gasteiger partial charge is 0.345 e. The molecule has 3 amide bonds. The molecule has 57 heavy (non-hydrogen) atoms. The third kappa shape index (κ3) is 17.7. The van der Waals surface area contributed by atoms with Crippen molar-refractivity contribution in [3.8, 4) is 0 Å². The van der Waals surface area contributed by atoms with Crippen LogP contribution in [0.5, 0.6) is 0 Å². The number of pyridine rings is 1. The van der Waals surface area contributed by atoms with E-state index in [0.29, 0.717) is 11.4 Å². The molecule has 2 rings (SSSR count). The normalized spacial score (nSPS) is 16.9. The highest BCUT2D eigenvalue weighted by Crippen LogP contribution is 2.22. The zero-order valence-corrected chi connectivity index (χ0v) is 31.9. The summed E-state index contributed by atoms with van der Waals surface area (Å²) in [4.78, 5) is 87.1. The van der Waals surface area contributed by atoms with Crippen LogP contribution in [0.3, 0.4) is 0 Å². The average Bonchev–Trinajstić information content (AvgIpc) is 3.18. The molecule has 0 bridgehead atoms. The Balaban J connectivity index is 2.23. The summed E-state index contributed by atoms with van der Waals surface area (Å²) in [5.74, 6) is -4.59. The third-order valence-electron chi connectivity index (χ3n) is 9.06. The maximum absolute atomic E-state index is 12.6. The van der Waals surface area contributed by atoms with Crippen LogP contribution in [0.25, 0.3) is 0 Å². The number of nitrogens with zero attached hydrogens (tertiary/aromatic N) is 4. The monoisotopic (exact) mass is 815 g/mol. The summed E-state index contributed by atoms with van der Waals surface area (Å²) in [6.07, 6.45) is -4.22. The van der Waals surface area contributed by atoms with Gasteiger partial charge in [-0.15, -0.1) is 5.06 Å². The average molecular weight is 816 g/mol. The molecule has 0 aliphatic carbocycles. The fourth-order valence-electron chi connectivity index (χ4n) is 5.79. The number of hydrogen-bond donors (Lipinski definition) is 11. The van der Waals surface area contributed by atoms with Gasteiger partial charge in [-0.05, 0) is 37.9 Å². The highest BCUT2D eigenvalue weighted by Gasteiger charge is 2.41. The van der Waals surface area contributed by atoms with Gasteiger partial charge < -0.3 is 61.6 Å². The van der Waals surface area contributed by atoms with Crippen LogP contribution in [0, 0.1) is 0 Å². The van der Waals surface area contributed by atoms with E-state index in [9.17, 15) is 54.3 Å². The number of rotatable bonds is 30. The number of aliphatic hydroxyl groups is 6. The Morgan fingerprint density at radius 3 is 1.61 bits per heavy atom. The fraction of sp³-hybridized carbons (Fsp3) is 0.686. The predicted molar refractivity (Wildman–Crippen MR) is 196 cm³/mol. The first-order valence-corrected chi connectivity index (χ1v) is 18.7. The van der Waals surface area contributed by atoms with Crippen LogP contribution in [-0.4, -0.2) is 192 Å². The minimum atomic E-state index is -1.27. The molecule has 0 saturated carbocycles. The number of aliphatic hydroxyl groups excluding tert-OH is 6. The van der Waals surface area contributed by atoms with Crippen molar-refractivity contribution < 1.29 is 74.5 Å². The van der Waals surface area contributed by atoms with Gasteiger partial charge in [0.2, 0.25) is 17.7 Å². The predicted octanol–water partition coefficient (Wildman–Crippen LogP) is -4.50. The van der Waals surface area contributed by atoms with Crippen molar-refractivity contribution in [2.24, 2.45) is 0 Å². The Morgan fingerprint density at radius 2 is 1.19 bits per heavy atom. The molecule has 0 radical (unpaired) electrons. The number of hydrogen-bond acceptors (Lipinski definition) is 17. The molecular formula is C35H57N7O15. The van der Waals surface area contributed by atoms with Crippen LogP contribution < -0.4 is 16.0 Å². The summed E-state index contributed by atoms with van der Waals surface area (Å²) >= 11 is 0. The van der Waals surface area contributed by atoms with E-state index in [1.807, 2.05) is 0 Å². The molecule has 1 aliphatic heterocycles. The van der Waals surface area contributed by atoms with Gasteiger partial charge in [-0.1, -0.05) is 13.0 Å². The van der Waals surface area contributed by atoms with E-state index in [-0.39, 0.29) is 90.9 Å². The standard InChI is InChI=1S/C35H57N7O15/c1-2-40(27(33(52)53)6-9-30(49)36-14-24(46)19-43)17-22-4-3-5-23(39-22)18-41(28(34(54)55)7-10-31(50)37-15-25(47)20-44)12-13-42-29(35(56)57-42)8-11-32(51)38-16-26(48)21-45/h3-5,24-29,43-48H,2,6-21H2,1H3,(H,36,49)(H,37,50)(H,38,51)(H,52,53)(H,54,55). The molecule has 6 atom stereocenters. The van der Waals surface area contributed by atoms with Crippen molar-refractivity contribution in [3.05, 3.63) is 29.6 Å². The molecule has 1 aliphatic rings. The number of carbonyl (C=O) groups is 6. The second-order valence-corrected chi connectivity index (χ2v) is 13.5. The van der Waals surface area contributed by atoms with E-state index in [4.69, 9.17) is 20.2 Å². The minimum Gasteiger partial charge on any atom is -0.480 e. The number of carboxylic acid groups (broad SMARTS) is 2. The Kier molecular flexibility index (Phi) is 22.1. The topological polar surface area (TPSA) is 332 Å². The van der Waals surface area contributed by atoms with E-state index in [0.717, 1.165) is 0 Å².